The highest BCUT2D eigenvalue weighted by Gasteiger charge is 2.30. The molecule has 5 nitrogen and oxygen atoms in total. The van der Waals surface area contributed by atoms with Crippen LogP contribution in [-0.2, 0) is 0 Å². The maximum Gasteiger partial charge on any atom is 0.391 e. The number of benzene rings is 1. The van der Waals surface area contributed by atoms with Crippen molar-refractivity contribution in [3.8, 4) is 5.75 Å². The van der Waals surface area contributed by atoms with Crippen molar-refractivity contribution in [1.82, 2.24) is 0 Å². The maximum atomic E-state index is 12.3. The predicted molar refractivity (Wildman–Crippen MR) is 72.6 cm³/mol. The minimum Gasteiger partial charge on any atom is -0.487 e. The number of ether oxygens (including phenoxy) is 1. The number of rotatable bonds is 7. The third kappa shape index (κ3) is 5.88. The molecule has 0 saturated carbocycles. The Morgan fingerprint density at radius 2 is 2.10 bits per heavy atom. The lowest BCUT2D eigenvalue weighted by atomic mass is 10.2. The number of nitrogens with one attached hydrogen (secondary N) is 1. The Labute approximate surface area is 120 Å². The average Bonchev–Trinajstić information content (AvgIpc) is 2.33. The van der Waals surface area contributed by atoms with Gasteiger partial charge in [0, 0.05) is 23.9 Å². The highest BCUT2D eigenvalue weighted by atomic mass is 19.4. The minimum atomic E-state index is -4.27. The van der Waals surface area contributed by atoms with Crippen LogP contribution in [0.15, 0.2) is 18.2 Å². The molecule has 1 N–H and O–H groups in total. The lowest BCUT2D eigenvalue weighted by Gasteiger charge is -2.17. The number of nitro benzene ring substituents is 1. The second-order valence-corrected chi connectivity index (χ2v) is 4.65. The third-order valence-corrected chi connectivity index (χ3v) is 2.57. The molecule has 0 fully saturated rings. The van der Waals surface area contributed by atoms with Crippen LogP contribution >= 0.6 is 0 Å². The van der Waals surface area contributed by atoms with Crippen molar-refractivity contribution in [3.63, 3.8) is 0 Å². The van der Waals surface area contributed by atoms with Crippen molar-refractivity contribution < 1.29 is 22.8 Å². The van der Waals surface area contributed by atoms with E-state index in [1.165, 1.54) is 25.1 Å². The molecule has 0 aliphatic heterocycles. The standard InChI is InChI=1S/C13H17F3N2O3/c1-3-6-21-12-7-10(4-5-11(12)18(19)20)17-9(2)8-13(14,15)16/h4-5,7,9,17H,3,6,8H2,1-2H3. The van der Waals surface area contributed by atoms with E-state index in [1.807, 2.05) is 6.92 Å². The number of alkyl halides is 3. The van der Waals surface area contributed by atoms with Crippen LogP contribution in [0.2, 0.25) is 0 Å². The molecule has 0 heterocycles. The van der Waals surface area contributed by atoms with Crippen molar-refractivity contribution in [1.29, 1.82) is 0 Å². The number of anilines is 1. The van der Waals surface area contributed by atoms with Crippen molar-refractivity contribution in [2.24, 2.45) is 0 Å². The summed E-state index contributed by atoms with van der Waals surface area (Å²) in [7, 11) is 0. The van der Waals surface area contributed by atoms with Crippen LogP contribution in [0.1, 0.15) is 26.7 Å². The molecule has 1 unspecified atom stereocenters. The molecule has 0 spiro atoms. The summed E-state index contributed by atoms with van der Waals surface area (Å²) in [6, 6.07) is 3.09. The van der Waals surface area contributed by atoms with Gasteiger partial charge in [-0.3, -0.25) is 10.1 Å². The Morgan fingerprint density at radius 3 is 2.62 bits per heavy atom. The zero-order valence-electron chi connectivity index (χ0n) is 11.7. The summed E-state index contributed by atoms with van der Waals surface area (Å²) in [5.74, 6) is 0.0473. The van der Waals surface area contributed by atoms with Gasteiger partial charge in [-0.05, 0) is 19.4 Å². The lowest BCUT2D eigenvalue weighted by Crippen LogP contribution is -2.23. The molecule has 0 amide bonds. The van der Waals surface area contributed by atoms with Gasteiger partial charge in [0.05, 0.1) is 18.0 Å². The van der Waals surface area contributed by atoms with E-state index in [9.17, 15) is 23.3 Å². The molecule has 0 aliphatic rings. The molecular weight excluding hydrogens is 289 g/mol. The molecule has 0 saturated heterocycles. The van der Waals surface area contributed by atoms with Crippen LogP contribution in [0.3, 0.4) is 0 Å². The fraction of sp³-hybridized carbons (Fsp3) is 0.538. The molecule has 1 aromatic rings. The average molecular weight is 306 g/mol. The van der Waals surface area contributed by atoms with Gasteiger partial charge < -0.3 is 10.1 Å². The summed E-state index contributed by atoms with van der Waals surface area (Å²) >= 11 is 0. The van der Waals surface area contributed by atoms with Gasteiger partial charge in [-0.25, -0.2) is 0 Å². The zero-order valence-corrected chi connectivity index (χ0v) is 11.7. The summed E-state index contributed by atoms with van der Waals surface area (Å²) in [6.45, 7) is 3.53. The number of halogens is 3. The normalized spacial score (nSPS) is 12.8. The van der Waals surface area contributed by atoms with E-state index in [0.29, 0.717) is 18.7 Å². The Kier molecular flexibility index (Phi) is 5.80. The van der Waals surface area contributed by atoms with Gasteiger partial charge >= 0.3 is 11.9 Å². The number of nitrogens with zero attached hydrogens (tertiary/aromatic N) is 1. The first-order valence-electron chi connectivity index (χ1n) is 6.47. The van der Waals surface area contributed by atoms with Crippen molar-refractivity contribution in [2.75, 3.05) is 11.9 Å². The SMILES string of the molecule is CCCOc1cc(NC(C)CC(F)(F)F)ccc1[N+](=O)[O-]. The fourth-order valence-electron chi connectivity index (χ4n) is 1.77. The molecule has 0 aliphatic carbocycles. The van der Waals surface area contributed by atoms with Gasteiger partial charge in [-0.1, -0.05) is 6.92 Å². The van der Waals surface area contributed by atoms with Crippen LogP contribution in [0.5, 0.6) is 5.75 Å². The summed E-state index contributed by atoms with van der Waals surface area (Å²) < 4.78 is 42.1. The Bertz CT molecular complexity index is 492. The Hall–Kier alpha value is -1.99. The highest BCUT2D eigenvalue weighted by molar-refractivity contribution is 5.58. The van der Waals surface area contributed by atoms with Crippen molar-refractivity contribution in [3.05, 3.63) is 28.3 Å². The third-order valence-electron chi connectivity index (χ3n) is 2.57. The van der Waals surface area contributed by atoms with E-state index in [0.717, 1.165) is 0 Å². The van der Waals surface area contributed by atoms with Crippen LogP contribution in [0.4, 0.5) is 24.5 Å². The van der Waals surface area contributed by atoms with Gasteiger partial charge in [-0.15, -0.1) is 0 Å². The number of hydrogen-bond acceptors (Lipinski definition) is 4. The molecule has 1 aromatic carbocycles. The summed E-state index contributed by atoms with van der Waals surface area (Å²) in [5, 5.41) is 13.5. The summed E-state index contributed by atoms with van der Waals surface area (Å²) in [6.07, 6.45) is -4.59. The Morgan fingerprint density at radius 1 is 1.43 bits per heavy atom. The summed E-state index contributed by atoms with van der Waals surface area (Å²) in [4.78, 5) is 10.3. The number of hydrogen-bond donors (Lipinski definition) is 1. The van der Waals surface area contributed by atoms with Crippen LogP contribution in [-0.4, -0.2) is 23.7 Å². The molecule has 1 atom stereocenters. The molecule has 0 aromatic heterocycles. The van der Waals surface area contributed by atoms with Crippen LogP contribution < -0.4 is 10.1 Å². The molecule has 8 heteroatoms. The second-order valence-electron chi connectivity index (χ2n) is 4.65. The van der Waals surface area contributed by atoms with Crippen LogP contribution in [0.25, 0.3) is 0 Å². The predicted octanol–water partition coefficient (Wildman–Crippen LogP) is 4.14. The molecule has 21 heavy (non-hydrogen) atoms. The molecule has 118 valence electrons. The van der Waals surface area contributed by atoms with E-state index in [2.05, 4.69) is 5.32 Å². The molecular formula is C13H17F3N2O3. The molecule has 1 rings (SSSR count). The first-order valence-corrected chi connectivity index (χ1v) is 6.47. The zero-order chi connectivity index (χ0) is 16.0. The fourth-order valence-corrected chi connectivity index (χ4v) is 1.77. The van der Waals surface area contributed by atoms with Crippen molar-refractivity contribution >= 4 is 11.4 Å². The first kappa shape index (κ1) is 17.1. The number of nitro groups is 1. The Balaban J connectivity index is 2.86. The highest BCUT2D eigenvalue weighted by Crippen LogP contribution is 2.31. The quantitative estimate of drug-likeness (QED) is 0.607. The second kappa shape index (κ2) is 7.14. The largest absolute Gasteiger partial charge is 0.487 e. The van der Waals surface area contributed by atoms with Gasteiger partial charge in [0.1, 0.15) is 0 Å². The van der Waals surface area contributed by atoms with E-state index < -0.39 is 23.6 Å². The monoisotopic (exact) mass is 306 g/mol. The lowest BCUT2D eigenvalue weighted by molar-refractivity contribution is -0.385. The van der Waals surface area contributed by atoms with Gasteiger partial charge in [0.2, 0.25) is 0 Å². The minimum absolute atomic E-state index is 0.0473. The summed E-state index contributed by atoms with van der Waals surface area (Å²) in [5.41, 5.74) is 0.140. The maximum absolute atomic E-state index is 12.3. The first-order chi connectivity index (χ1) is 9.73. The topological polar surface area (TPSA) is 64.4 Å². The van der Waals surface area contributed by atoms with Gasteiger partial charge in [0.25, 0.3) is 0 Å². The molecule has 0 radical (unpaired) electrons. The van der Waals surface area contributed by atoms with Crippen molar-refractivity contribution in [2.45, 2.75) is 38.9 Å². The van der Waals surface area contributed by atoms with E-state index in [1.54, 1.807) is 0 Å². The van der Waals surface area contributed by atoms with Gasteiger partial charge in [-0.2, -0.15) is 13.2 Å². The van der Waals surface area contributed by atoms with Gasteiger partial charge in [0.15, 0.2) is 5.75 Å². The van der Waals surface area contributed by atoms with E-state index >= 15 is 0 Å². The molecule has 0 bridgehead atoms. The van der Waals surface area contributed by atoms with E-state index in [4.69, 9.17) is 4.74 Å². The van der Waals surface area contributed by atoms with E-state index in [-0.39, 0.29) is 11.4 Å². The van der Waals surface area contributed by atoms with Crippen LogP contribution in [0, 0.1) is 10.1 Å². The smallest absolute Gasteiger partial charge is 0.391 e.